The van der Waals surface area contributed by atoms with E-state index in [-0.39, 0.29) is 23.1 Å². The monoisotopic (exact) mass is 485 g/mol. The summed E-state index contributed by atoms with van der Waals surface area (Å²) in [6.07, 6.45) is 1.55. The molecule has 5 N–H and O–H groups in total. The second-order valence-electron chi connectivity index (χ2n) is 8.93. The zero-order valence-corrected chi connectivity index (χ0v) is 19.3. The molecule has 1 aliphatic rings. The van der Waals surface area contributed by atoms with E-state index >= 15 is 0 Å². The summed E-state index contributed by atoms with van der Waals surface area (Å²) in [6.45, 7) is 0. The Bertz CT molecular complexity index is 2010. The summed E-state index contributed by atoms with van der Waals surface area (Å²) in [6, 6.07) is 23.0. The molecule has 0 unspecified atom stereocenters. The zero-order valence-electron chi connectivity index (χ0n) is 19.3. The number of rotatable bonds is 2. The number of phenols is 3. The number of aliphatic hydroxyl groups excluding tert-OH is 1. The lowest BCUT2D eigenvalue weighted by atomic mass is 9.95. The van der Waals surface area contributed by atoms with Gasteiger partial charge in [-0.1, -0.05) is 60.7 Å². The van der Waals surface area contributed by atoms with Gasteiger partial charge in [-0.3, -0.25) is 0 Å². The van der Waals surface area contributed by atoms with Crippen LogP contribution in [0.1, 0.15) is 5.56 Å². The summed E-state index contributed by atoms with van der Waals surface area (Å²) in [7, 11) is 0. The van der Waals surface area contributed by atoms with Gasteiger partial charge in [-0.25, -0.2) is 9.98 Å². The molecule has 0 aromatic heterocycles. The molecule has 37 heavy (non-hydrogen) atoms. The first-order valence-electron chi connectivity index (χ1n) is 11.7. The molecule has 0 spiro atoms. The topological polar surface area (TPSA) is 118 Å². The van der Waals surface area contributed by atoms with Crippen molar-refractivity contribution in [1.82, 2.24) is 0 Å². The number of aromatic hydroxyl groups is 3. The minimum absolute atomic E-state index is 0.0284. The first-order chi connectivity index (χ1) is 18.0. The van der Waals surface area contributed by atoms with Gasteiger partial charge in [0.1, 0.15) is 17.2 Å². The molecule has 6 aromatic carbocycles. The van der Waals surface area contributed by atoms with Crippen LogP contribution in [-0.4, -0.2) is 32.7 Å². The van der Waals surface area contributed by atoms with Crippen molar-refractivity contribution >= 4 is 72.4 Å². The molecule has 0 saturated carbocycles. The smallest absolute Gasteiger partial charge is 0.220 e. The van der Waals surface area contributed by atoms with Crippen molar-refractivity contribution in [3.05, 3.63) is 84.4 Å². The lowest BCUT2D eigenvalue weighted by Gasteiger charge is -2.19. The molecule has 0 amide bonds. The zero-order chi connectivity index (χ0) is 25.3. The van der Waals surface area contributed by atoms with E-state index in [2.05, 4.69) is 15.3 Å². The highest BCUT2D eigenvalue weighted by atomic mass is 16.3. The van der Waals surface area contributed by atoms with E-state index in [0.29, 0.717) is 60.3 Å². The molecular weight excluding hydrogens is 466 g/mol. The number of aliphatic hydroxyl groups is 1. The Morgan fingerprint density at radius 2 is 1.22 bits per heavy atom. The fourth-order valence-corrected chi connectivity index (χ4v) is 5.28. The van der Waals surface area contributed by atoms with Crippen molar-refractivity contribution in [2.24, 2.45) is 9.98 Å². The van der Waals surface area contributed by atoms with Crippen LogP contribution in [0.15, 0.2) is 88.8 Å². The second kappa shape index (κ2) is 7.60. The molecule has 0 aliphatic carbocycles. The standard InChI is InChI=1S/C30H19N3O4/c34-27-16-7-2-1-6-15(16)25-24-20(27)12-13-21(26(24)32-14-31-25)30(37)33-22-11-5-10-19-23(22)29(36)18-9-4-3-8-17(18)28(19)35/h1-14,34-36H,(H,31,32)(H,33,37). The lowest BCUT2D eigenvalue weighted by Crippen LogP contribution is -2.09. The highest BCUT2D eigenvalue weighted by molar-refractivity contribution is 6.25. The summed E-state index contributed by atoms with van der Waals surface area (Å²) >= 11 is 0. The van der Waals surface area contributed by atoms with Gasteiger partial charge in [-0.2, -0.15) is 0 Å². The van der Waals surface area contributed by atoms with Gasteiger partial charge in [0.25, 0.3) is 0 Å². The fourth-order valence-electron chi connectivity index (χ4n) is 5.28. The average molecular weight is 485 g/mol. The van der Waals surface area contributed by atoms with Crippen LogP contribution >= 0.6 is 0 Å². The third-order valence-electron chi connectivity index (χ3n) is 6.98. The van der Waals surface area contributed by atoms with E-state index in [0.717, 1.165) is 5.39 Å². The minimum atomic E-state index is -0.294. The van der Waals surface area contributed by atoms with E-state index in [1.54, 1.807) is 60.9 Å². The van der Waals surface area contributed by atoms with Crippen LogP contribution in [0.25, 0.3) is 43.1 Å². The van der Waals surface area contributed by atoms with Gasteiger partial charge in [0.05, 0.1) is 34.4 Å². The number of nitrogens with zero attached hydrogens (tertiary/aromatic N) is 2. The predicted octanol–water partition coefficient (Wildman–Crippen LogP) is 7.14. The Balaban J connectivity index is 1.49. The first kappa shape index (κ1) is 21.0. The average Bonchev–Trinajstić information content (AvgIpc) is 2.94. The summed E-state index contributed by atoms with van der Waals surface area (Å²) < 4.78 is 0. The van der Waals surface area contributed by atoms with Gasteiger partial charge < -0.3 is 25.7 Å². The van der Waals surface area contributed by atoms with Crippen molar-refractivity contribution in [2.45, 2.75) is 0 Å². The van der Waals surface area contributed by atoms with E-state index in [1.807, 2.05) is 24.3 Å². The molecule has 1 heterocycles. The van der Waals surface area contributed by atoms with Crippen LogP contribution in [0, 0.1) is 0 Å². The number of nitrogens with one attached hydrogen (secondary N) is 1. The van der Waals surface area contributed by atoms with Gasteiger partial charge in [0.2, 0.25) is 5.90 Å². The van der Waals surface area contributed by atoms with Crippen LogP contribution in [-0.2, 0) is 0 Å². The molecule has 7 rings (SSSR count). The van der Waals surface area contributed by atoms with E-state index in [9.17, 15) is 20.4 Å². The van der Waals surface area contributed by atoms with Crippen LogP contribution in [0.2, 0.25) is 0 Å². The Morgan fingerprint density at radius 1 is 0.622 bits per heavy atom. The molecule has 0 radical (unpaired) electrons. The highest BCUT2D eigenvalue weighted by Crippen LogP contribution is 2.48. The van der Waals surface area contributed by atoms with Crippen LogP contribution < -0.4 is 5.32 Å². The minimum Gasteiger partial charge on any atom is -0.507 e. The molecule has 0 atom stereocenters. The Morgan fingerprint density at radius 3 is 1.95 bits per heavy atom. The number of fused-ring (bicyclic) bond motifs is 4. The largest absolute Gasteiger partial charge is 0.507 e. The van der Waals surface area contributed by atoms with E-state index in [1.165, 1.54) is 0 Å². The third kappa shape index (κ3) is 2.88. The molecule has 0 fully saturated rings. The first-order valence-corrected chi connectivity index (χ1v) is 11.7. The Kier molecular flexibility index (Phi) is 4.32. The Hall–Kier alpha value is -5.30. The van der Waals surface area contributed by atoms with Gasteiger partial charge >= 0.3 is 0 Å². The molecule has 7 nitrogen and oxygen atoms in total. The molecule has 178 valence electrons. The Labute approximate surface area is 209 Å². The van der Waals surface area contributed by atoms with Crippen molar-refractivity contribution in [3.63, 3.8) is 0 Å². The molecule has 1 aliphatic heterocycles. The summed E-state index contributed by atoms with van der Waals surface area (Å²) in [5.74, 6) is -0.151. The summed E-state index contributed by atoms with van der Waals surface area (Å²) in [5, 5.41) is 51.8. The number of hydrogen-bond donors (Lipinski definition) is 5. The number of phenolic OH excluding ortho intramolecular Hbond substituents is 3. The molecule has 7 heteroatoms. The van der Waals surface area contributed by atoms with E-state index in [4.69, 9.17) is 0 Å². The maximum atomic E-state index is 11.2. The van der Waals surface area contributed by atoms with Crippen LogP contribution in [0.3, 0.4) is 0 Å². The molecular formula is C30H19N3O4. The van der Waals surface area contributed by atoms with Gasteiger partial charge in [0.15, 0.2) is 0 Å². The quantitative estimate of drug-likeness (QED) is 0.0773. The van der Waals surface area contributed by atoms with Gasteiger partial charge in [-0.15, -0.1) is 0 Å². The fraction of sp³-hybridized carbons (Fsp3) is 0. The van der Waals surface area contributed by atoms with Crippen LogP contribution in [0.4, 0.5) is 17.1 Å². The van der Waals surface area contributed by atoms with Gasteiger partial charge in [-0.05, 0) is 18.2 Å². The second-order valence-corrected chi connectivity index (χ2v) is 8.93. The number of hydrogen-bond acceptors (Lipinski definition) is 6. The maximum absolute atomic E-state index is 11.2. The summed E-state index contributed by atoms with van der Waals surface area (Å²) in [5.41, 5.74) is 1.94. The van der Waals surface area contributed by atoms with Crippen molar-refractivity contribution in [2.75, 3.05) is 5.32 Å². The molecule has 6 aromatic rings. The highest BCUT2D eigenvalue weighted by Gasteiger charge is 2.22. The van der Waals surface area contributed by atoms with Crippen molar-refractivity contribution < 1.29 is 20.4 Å². The third-order valence-corrected chi connectivity index (χ3v) is 6.98. The maximum Gasteiger partial charge on any atom is 0.220 e. The normalized spacial score (nSPS) is 13.0. The summed E-state index contributed by atoms with van der Waals surface area (Å²) in [4.78, 5) is 9.00. The number of anilines is 1. The lowest BCUT2D eigenvalue weighted by molar-refractivity contribution is 0.478. The van der Waals surface area contributed by atoms with Crippen LogP contribution in [0.5, 0.6) is 17.2 Å². The van der Waals surface area contributed by atoms with E-state index < -0.39 is 0 Å². The predicted molar refractivity (Wildman–Crippen MR) is 149 cm³/mol. The molecule has 0 bridgehead atoms. The van der Waals surface area contributed by atoms with Crippen molar-refractivity contribution in [1.29, 1.82) is 0 Å². The van der Waals surface area contributed by atoms with Gasteiger partial charge in [0, 0.05) is 37.7 Å². The SMILES string of the molecule is OC(=Nc1cccc2c(O)c3ccccc3c(O)c12)c1ccc2c(O)c3ccccc3c3c2c1NC=N3. The molecule has 0 saturated heterocycles. The number of benzene rings is 6. The van der Waals surface area contributed by atoms with Crippen molar-refractivity contribution in [3.8, 4) is 17.2 Å². The number of aliphatic imine (C=N–C) groups is 2.